The third kappa shape index (κ3) is 3.91. The molecular weight excluding hydrogens is 234 g/mol. The Balaban J connectivity index is 2.53. The lowest BCUT2D eigenvalue weighted by Crippen LogP contribution is -2.37. The molecule has 1 rings (SSSR count). The van der Waals surface area contributed by atoms with Gasteiger partial charge in [0.2, 0.25) is 5.91 Å². The SMILES string of the molecule is CNC(=O)C(C)(C)CN=C1NC(C(C)C)CS1. The largest absolute Gasteiger partial charge is 0.361 e. The van der Waals surface area contributed by atoms with E-state index < -0.39 is 5.41 Å². The summed E-state index contributed by atoms with van der Waals surface area (Å²) in [6.07, 6.45) is 0. The van der Waals surface area contributed by atoms with Crippen molar-refractivity contribution < 1.29 is 4.79 Å². The van der Waals surface area contributed by atoms with E-state index in [-0.39, 0.29) is 5.91 Å². The molecule has 0 aliphatic carbocycles. The molecule has 0 radical (unpaired) electrons. The molecule has 0 aromatic carbocycles. The molecule has 1 aliphatic heterocycles. The summed E-state index contributed by atoms with van der Waals surface area (Å²) in [4.78, 5) is 16.1. The summed E-state index contributed by atoms with van der Waals surface area (Å²) in [5.74, 6) is 1.71. The molecule has 1 amide bonds. The molecule has 17 heavy (non-hydrogen) atoms. The second-order valence-electron chi connectivity index (χ2n) is 5.39. The van der Waals surface area contributed by atoms with Gasteiger partial charge in [0, 0.05) is 18.8 Å². The number of thioether (sulfide) groups is 1. The fraction of sp³-hybridized carbons (Fsp3) is 0.833. The number of hydrogen-bond donors (Lipinski definition) is 2. The highest BCUT2D eigenvalue weighted by molar-refractivity contribution is 8.14. The number of nitrogens with one attached hydrogen (secondary N) is 2. The second kappa shape index (κ2) is 5.76. The predicted molar refractivity (Wildman–Crippen MR) is 74.4 cm³/mol. The highest BCUT2D eigenvalue weighted by Gasteiger charge is 2.28. The van der Waals surface area contributed by atoms with Crippen molar-refractivity contribution in [3.8, 4) is 0 Å². The summed E-state index contributed by atoms with van der Waals surface area (Å²) in [7, 11) is 1.66. The number of hydrogen-bond acceptors (Lipinski definition) is 3. The first-order valence-corrected chi connectivity index (χ1v) is 7.01. The highest BCUT2D eigenvalue weighted by Crippen LogP contribution is 2.21. The van der Waals surface area contributed by atoms with Crippen molar-refractivity contribution in [1.82, 2.24) is 10.6 Å². The molecule has 1 heterocycles. The molecule has 0 saturated carbocycles. The molecule has 1 unspecified atom stereocenters. The van der Waals surface area contributed by atoms with E-state index in [1.165, 1.54) is 0 Å². The van der Waals surface area contributed by atoms with E-state index in [0.29, 0.717) is 18.5 Å². The third-order valence-corrected chi connectivity index (χ3v) is 4.02. The summed E-state index contributed by atoms with van der Waals surface area (Å²) in [6, 6.07) is 0.502. The van der Waals surface area contributed by atoms with Gasteiger partial charge in [0.15, 0.2) is 5.17 Å². The molecule has 1 saturated heterocycles. The van der Waals surface area contributed by atoms with Crippen LogP contribution < -0.4 is 10.6 Å². The normalized spacial score (nSPS) is 22.9. The highest BCUT2D eigenvalue weighted by atomic mass is 32.2. The van der Waals surface area contributed by atoms with Gasteiger partial charge in [-0.05, 0) is 19.8 Å². The molecule has 0 spiro atoms. The Hall–Kier alpha value is -0.710. The Kier molecular flexibility index (Phi) is 4.86. The van der Waals surface area contributed by atoms with Crippen LogP contribution in [0.5, 0.6) is 0 Å². The van der Waals surface area contributed by atoms with Crippen molar-refractivity contribution in [2.75, 3.05) is 19.3 Å². The maximum absolute atomic E-state index is 11.6. The first-order chi connectivity index (χ1) is 7.86. The van der Waals surface area contributed by atoms with Crippen LogP contribution >= 0.6 is 11.8 Å². The van der Waals surface area contributed by atoms with Gasteiger partial charge in [-0.25, -0.2) is 0 Å². The topological polar surface area (TPSA) is 53.5 Å². The minimum Gasteiger partial charge on any atom is -0.361 e. The zero-order valence-corrected chi connectivity index (χ0v) is 12.1. The van der Waals surface area contributed by atoms with Crippen molar-refractivity contribution in [1.29, 1.82) is 0 Å². The van der Waals surface area contributed by atoms with Gasteiger partial charge < -0.3 is 10.6 Å². The van der Waals surface area contributed by atoms with E-state index in [2.05, 4.69) is 29.5 Å². The number of carbonyl (C=O) groups is 1. The van der Waals surface area contributed by atoms with E-state index in [9.17, 15) is 4.79 Å². The minimum absolute atomic E-state index is 0.0326. The van der Waals surface area contributed by atoms with Crippen molar-refractivity contribution in [2.45, 2.75) is 33.7 Å². The fourth-order valence-corrected chi connectivity index (χ4v) is 2.74. The Bertz CT molecular complexity index is 313. The van der Waals surface area contributed by atoms with Crippen molar-refractivity contribution in [2.24, 2.45) is 16.3 Å². The van der Waals surface area contributed by atoms with Gasteiger partial charge in [-0.1, -0.05) is 25.6 Å². The molecule has 5 heteroatoms. The number of nitrogens with zero attached hydrogens (tertiary/aromatic N) is 1. The Morgan fingerprint density at radius 3 is 2.76 bits per heavy atom. The van der Waals surface area contributed by atoms with Crippen molar-refractivity contribution >= 4 is 22.8 Å². The first kappa shape index (κ1) is 14.4. The maximum Gasteiger partial charge on any atom is 0.227 e. The quantitative estimate of drug-likeness (QED) is 0.802. The van der Waals surface area contributed by atoms with Crippen LogP contribution in [0.25, 0.3) is 0 Å². The number of aliphatic imine (C=N–C) groups is 1. The number of carbonyl (C=O) groups excluding carboxylic acids is 1. The number of amides is 1. The van der Waals surface area contributed by atoms with Gasteiger partial charge in [0.05, 0.1) is 12.0 Å². The summed E-state index contributed by atoms with van der Waals surface area (Å²) < 4.78 is 0. The monoisotopic (exact) mass is 257 g/mol. The van der Waals surface area contributed by atoms with Gasteiger partial charge in [0.1, 0.15) is 0 Å². The summed E-state index contributed by atoms with van der Waals surface area (Å²) >= 11 is 1.75. The Morgan fingerprint density at radius 1 is 1.65 bits per heavy atom. The van der Waals surface area contributed by atoms with Crippen molar-refractivity contribution in [3.05, 3.63) is 0 Å². The second-order valence-corrected chi connectivity index (χ2v) is 6.40. The molecular formula is C12H23N3OS. The zero-order valence-electron chi connectivity index (χ0n) is 11.3. The molecule has 98 valence electrons. The van der Waals surface area contributed by atoms with Crippen LogP contribution in [0.2, 0.25) is 0 Å². The minimum atomic E-state index is -0.445. The maximum atomic E-state index is 11.6. The molecule has 0 aromatic heterocycles. The van der Waals surface area contributed by atoms with Crippen LogP contribution in [0.15, 0.2) is 4.99 Å². The average molecular weight is 257 g/mol. The summed E-state index contributed by atoms with van der Waals surface area (Å²) in [5, 5.41) is 7.05. The Labute approximate surface area is 108 Å². The van der Waals surface area contributed by atoms with Gasteiger partial charge in [-0.15, -0.1) is 0 Å². The number of rotatable bonds is 4. The van der Waals surface area contributed by atoms with Crippen molar-refractivity contribution in [3.63, 3.8) is 0 Å². The summed E-state index contributed by atoms with van der Waals surface area (Å²) in [6.45, 7) is 8.75. The van der Waals surface area contributed by atoms with E-state index >= 15 is 0 Å². The van der Waals surface area contributed by atoms with Gasteiger partial charge in [-0.2, -0.15) is 0 Å². The third-order valence-electron chi connectivity index (χ3n) is 2.97. The van der Waals surface area contributed by atoms with Gasteiger partial charge >= 0.3 is 0 Å². The predicted octanol–water partition coefficient (Wildman–Crippen LogP) is 1.48. The standard InChI is InChI=1S/C12H23N3OS/c1-8(2)9-6-17-11(15-9)14-7-12(3,4)10(16)13-5/h8-9H,6-7H2,1-5H3,(H,13,16)(H,14,15). The molecule has 1 fully saturated rings. The molecule has 2 N–H and O–H groups in total. The van der Waals surface area contributed by atoms with E-state index in [4.69, 9.17) is 0 Å². The molecule has 0 bridgehead atoms. The molecule has 1 aliphatic rings. The lowest BCUT2D eigenvalue weighted by molar-refractivity contribution is -0.128. The Morgan fingerprint density at radius 2 is 2.29 bits per heavy atom. The zero-order chi connectivity index (χ0) is 13.1. The van der Waals surface area contributed by atoms with Gasteiger partial charge in [-0.3, -0.25) is 9.79 Å². The van der Waals surface area contributed by atoms with Crippen LogP contribution in [0, 0.1) is 11.3 Å². The van der Waals surface area contributed by atoms with E-state index in [1.54, 1.807) is 18.8 Å². The lowest BCUT2D eigenvalue weighted by Gasteiger charge is -2.20. The summed E-state index contributed by atoms with van der Waals surface area (Å²) in [5.41, 5.74) is -0.445. The molecule has 1 atom stereocenters. The number of amidine groups is 1. The lowest BCUT2D eigenvalue weighted by atomic mass is 9.93. The van der Waals surface area contributed by atoms with Crippen LogP contribution in [-0.2, 0) is 4.79 Å². The smallest absolute Gasteiger partial charge is 0.227 e. The molecule has 0 aromatic rings. The van der Waals surface area contributed by atoms with Gasteiger partial charge in [0.25, 0.3) is 0 Å². The first-order valence-electron chi connectivity index (χ1n) is 6.03. The van der Waals surface area contributed by atoms with Crippen LogP contribution in [0.3, 0.4) is 0 Å². The average Bonchev–Trinajstić information content (AvgIpc) is 2.74. The fourth-order valence-electron chi connectivity index (χ4n) is 1.54. The van der Waals surface area contributed by atoms with Crippen LogP contribution in [0.1, 0.15) is 27.7 Å². The van der Waals surface area contributed by atoms with E-state index in [0.717, 1.165) is 10.9 Å². The van der Waals surface area contributed by atoms with Crippen LogP contribution in [-0.4, -0.2) is 36.5 Å². The molecule has 4 nitrogen and oxygen atoms in total. The van der Waals surface area contributed by atoms with E-state index in [1.807, 2.05) is 13.8 Å². The van der Waals surface area contributed by atoms with Crippen LogP contribution in [0.4, 0.5) is 0 Å².